The minimum absolute atomic E-state index is 0.000324. The van der Waals surface area contributed by atoms with Crippen molar-refractivity contribution in [3.63, 3.8) is 0 Å². The van der Waals surface area contributed by atoms with Crippen LogP contribution in [-0.2, 0) is 9.59 Å². The van der Waals surface area contributed by atoms with Crippen molar-refractivity contribution in [3.05, 3.63) is 0 Å². The number of nitrogens with one attached hydrogen (secondary N) is 1. The summed E-state index contributed by atoms with van der Waals surface area (Å²) in [6.07, 6.45) is 8.05. The summed E-state index contributed by atoms with van der Waals surface area (Å²) in [4.78, 5) is 23.3. The maximum atomic E-state index is 11.8. The Morgan fingerprint density at radius 1 is 1.20 bits per heavy atom. The fraction of sp³-hybridized carbons (Fsp3) is 0.875. The highest BCUT2D eigenvalue weighted by atomic mass is 16.4. The van der Waals surface area contributed by atoms with E-state index in [1.165, 1.54) is 0 Å². The number of carbonyl (C=O) groups excluding carboxylic acids is 1. The van der Waals surface area contributed by atoms with Gasteiger partial charge in [-0.15, -0.1) is 0 Å². The van der Waals surface area contributed by atoms with Crippen LogP contribution in [-0.4, -0.2) is 23.5 Å². The summed E-state index contributed by atoms with van der Waals surface area (Å²) in [5, 5.41) is 12.3. The van der Waals surface area contributed by atoms with E-state index in [4.69, 9.17) is 0 Å². The Morgan fingerprint density at radius 3 is 2.40 bits per heavy atom. The molecule has 4 nitrogen and oxygen atoms in total. The summed E-state index contributed by atoms with van der Waals surface area (Å²) in [5.41, 5.74) is -0.731. The highest BCUT2D eigenvalue weighted by Gasteiger charge is 2.41. The molecule has 4 heteroatoms. The van der Waals surface area contributed by atoms with Crippen LogP contribution >= 0.6 is 0 Å². The van der Waals surface area contributed by atoms with Gasteiger partial charge in [0.2, 0.25) is 5.91 Å². The van der Waals surface area contributed by atoms with Crippen molar-refractivity contribution in [1.82, 2.24) is 5.32 Å². The average Bonchev–Trinajstić information content (AvgIpc) is 2.43. The van der Waals surface area contributed by atoms with Gasteiger partial charge in [0.25, 0.3) is 0 Å². The second-order valence-corrected chi connectivity index (χ2v) is 6.36. The number of hydrogen-bond donors (Lipinski definition) is 2. The van der Waals surface area contributed by atoms with Crippen molar-refractivity contribution in [2.45, 2.75) is 71.6 Å². The van der Waals surface area contributed by atoms with Crippen LogP contribution in [0.5, 0.6) is 0 Å². The van der Waals surface area contributed by atoms with Crippen LogP contribution in [0.2, 0.25) is 0 Å². The summed E-state index contributed by atoms with van der Waals surface area (Å²) >= 11 is 0. The van der Waals surface area contributed by atoms with Gasteiger partial charge in [-0.3, -0.25) is 9.59 Å². The molecule has 2 N–H and O–H groups in total. The Balaban J connectivity index is 2.36. The topological polar surface area (TPSA) is 66.4 Å². The van der Waals surface area contributed by atoms with E-state index in [1.54, 1.807) is 0 Å². The van der Waals surface area contributed by atoms with E-state index >= 15 is 0 Å². The molecular weight excluding hydrogens is 254 g/mol. The third-order valence-electron chi connectivity index (χ3n) is 4.57. The number of hydrogen-bond acceptors (Lipinski definition) is 2. The van der Waals surface area contributed by atoms with Crippen molar-refractivity contribution in [1.29, 1.82) is 0 Å². The molecule has 1 fully saturated rings. The van der Waals surface area contributed by atoms with Crippen molar-refractivity contribution >= 4 is 11.9 Å². The molecule has 0 saturated heterocycles. The van der Waals surface area contributed by atoms with Crippen LogP contribution in [0.15, 0.2) is 0 Å². The van der Waals surface area contributed by atoms with Gasteiger partial charge in [-0.05, 0) is 38.0 Å². The molecular formula is C16H29NO3. The molecule has 0 heterocycles. The molecule has 0 unspecified atom stereocenters. The lowest BCUT2D eigenvalue weighted by molar-refractivity contribution is -0.151. The highest BCUT2D eigenvalue weighted by Crippen LogP contribution is 2.38. The van der Waals surface area contributed by atoms with E-state index in [2.05, 4.69) is 19.2 Å². The Hall–Kier alpha value is -1.06. The number of carboxylic acid groups (broad SMARTS) is 1. The van der Waals surface area contributed by atoms with Gasteiger partial charge in [0.05, 0.1) is 5.41 Å². The molecule has 0 bridgehead atoms. The Labute approximate surface area is 122 Å². The van der Waals surface area contributed by atoms with Gasteiger partial charge in [0.15, 0.2) is 0 Å². The monoisotopic (exact) mass is 283 g/mol. The first-order valence-electron chi connectivity index (χ1n) is 8.00. The minimum Gasteiger partial charge on any atom is -0.481 e. The maximum Gasteiger partial charge on any atom is 0.311 e. The molecule has 0 radical (unpaired) electrons. The molecule has 116 valence electrons. The van der Waals surface area contributed by atoms with Gasteiger partial charge < -0.3 is 10.4 Å². The number of carboxylic acids is 1. The molecule has 0 atom stereocenters. The molecule has 0 aromatic heterocycles. The molecule has 1 aliphatic carbocycles. The normalized spacial score (nSPS) is 26.2. The molecule has 1 aliphatic rings. The average molecular weight is 283 g/mol. The van der Waals surface area contributed by atoms with Gasteiger partial charge in [0, 0.05) is 13.0 Å². The number of amides is 1. The van der Waals surface area contributed by atoms with E-state index in [1.807, 2.05) is 0 Å². The van der Waals surface area contributed by atoms with Crippen LogP contribution in [0.1, 0.15) is 71.6 Å². The van der Waals surface area contributed by atoms with Crippen LogP contribution < -0.4 is 5.32 Å². The zero-order valence-corrected chi connectivity index (χ0v) is 12.9. The predicted octanol–water partition coefficient (Wildman–Crippen LogP) is 3.35. The van der Waals surface area contributed by atoms with E-state index in [0.29, 0.717) is 31.7 Å². The van der Waals surface area contributed by atoms with Crippen molar-refractivity contribution in [2.24, 2.45) is 11.3 Å². The molecule has 20 heavy (non-hydrogen) atoms. The van der Waals surface area contributed by atoms with Crippen molar-refractivity contribution in [2.75, 3.05) is 6.54 Å². The molecule has 0 aliphatic heterocycles. The fourth-order valence-electron chi connectivity index (χ4n) is 2.85. The molecule has 1 rings (SSSR count). The Bertz CT molecular complexity index is 320. The quantitative estimate of drug-likeness (QED) is 0.671. The SMILES string of the molecule is CCCCCCC(=O)NCC1(C(=O)O)CCC(C)CC1. The van der Waals surface area contributed by atoms with Crippen LogP contribution in [0.25, 0.3) is 0 Å². The van der Waals surface area contributed by atoms with Gasteiger partial charge in [-0.2, -0.15) is 0 Å². The van der Waals surface area contributed by atoms with Crippen LogP contribution in [0, 0.1) is 11.3 Å². The zero-order chi connectivity index (χ0) is 15.0. The fourth-order valence-corrected chi connectivity index (χ4v) is 2.85. The van der Waals surface area contributed by atoms with E-state index in [9.17, 15) is 14.7 Å². The van der Waals surface area contributed by atoms with E-state index < -0.39 is 11.4 Å². The minimum atomic E-state index is -0.754. The smallest absolute Gasteiger partial charge is 0.311 e. The molecule has 0 aromatic carbocycles. The predicted molar refractivity (Wildman–Crippen MR) is 79.5 cm³/mol. The van der Waals surface area contributed by atoms with Crippen LogP contribution in [0.4, 0.5) is 0 Å². The number of rotatable bonds is 8. The first kappa shape index (κ1) is 17.0. The lowest BCUT2D eigenvalue weighted by Gasteiger charge is -2.35. The van der Waals surface area contributed by atoms with Crippen molar-refractivity contribution in [3.8, 4) is 0 Å². The van der Waals surface area contributed by atoms with E-state index in [-0.39, 0.29) is 5.91 Å². The largest absolute Gasteiger partial charge is 0.481 e. The standard InChI is InChI=1S/C16H29NO3/c1-3-4-5-6-7-14(18)17-12-16(15(19)20)10-8-13(2)9-11-16/h13H,3-12H2,1-2H3,(H,17,18)(H,19,20). The summed E-state index contributed by atoms with van der Waals surface area (Å²) in [6.45, 7) is 4.60. The number of unbranched alkanes of at least 4 members (excludes halogenated alkanes) is 3. The maximum absolute atomic E-state index is 11.8. The van der Waals surface area contributed by atoms with Crippen molar-refractivity contribution < 1.29 is 14.7 Å². The highest BCUT2D eigenvalue weighted by molar-refractivity contribution is 5.79. The zero-order valence-electron chi connectivity index (χ0n) is 12.9. The first-order valence-corrected chi connectivity index (χ1v) is 8.00. The molecule has 1 saturated carbocycles. The molecule has 0 spiro atoms. The number of carbonyl (C=O) groups is 2. The molecule has 0 aromatic rings. The molecule has 1 amide bonds. The Morgan fingerprint density at radius 2 is 1.85 bits per heavy atom. The van der Waals surface area contributed by atoms with Gasteiger partial charge in [-0.25, -0.2) is 0 Å². The summed E-state index contributed by atoms with van der Waals surface area (Å²) in [6, 6.07) is 0. The third kappa shape index (κ3) is 5.14. The van der Waals surface area contributed by atoms with Gasteiger partial charge >= 0.3 is 5.97 Å². The number of aliphatic carboxylic acids is 1. The van der Waals surface area contributed by atoms with E-state index in [0.717, 1.165) is 38.5 Å². The second kappa shape index (κ2) is 8.28. The van der Waals surface area contributed by atoms with Crippen LogP contribution in [0.3, 0.4) is 0 Å². The lowest BCUT2D eigenvalue weighted by Crippen LogP contribution is -2.45. The second-order valence-electron chi connectivity index (χ2n) is 6.36. The lowest BCUT2D eigenvalue weighted by atomic mass is 9.71. The Kier molecular flexibility index (Phi) is 7.03. The summed E-state index contributed by atoms with van der Waals surface area (Å²) in [5.74, 6) is -0.150. The summed E-state index contributed by atoms with van der Waals surface area (Å²) < 4.78 is 0. The third-order valence-corrected chi connectivity index (χ3v) is 4.57. The first-order chi connectivity index (χ1) is 9.50. The van der Waals surface area contributed by atoms with Gasteiger partial charge in [-0.1, -0.05) is 33.1 Å². The summed E-state index contributed by atoms with van der Waals surface area (Å²) in [7, 11) is 0. The van der Waals surface area contributed by atoms with Gasteiger partial charge in [0.1, 0.15) is 0 Å².